The lowest BCUT2D eigenvalue weighted by Crippen LogP contribution is -2.20. The van der Waals surface area contributed by atoms with E-state index in [0.717, 1.165) is 12.5 Å². The average molecular weight is 241 g/mol. The summed E-state index contributed by atoms with van der Waals surface area (Å²) in [6, 6.07) is 0. The zero-order valence-electron chi connectivity index (χ0n) is 12.6. The number of nitrogens with one attached hydrogen (secondary N) is 1. The molecule has 0 rings (SSSR count). The molecular weight excluding hydrogens is 206 g/mol. The van der Waals surface area contributed by atoms with Gasteiger partial charge in [0.1, 0.15) is 0 Å². The van der Waals surface area contributed by atoms with Crippen LogP contribution in [0.3, 0.4) is 0 Å². The fraction of sp³-hybridized carbons (Fsp3) is 1.00. The van der Waals surface area contributed by atoms with Crippen LogP contribution >= 0.6 is 0 Å². The minimum atomic E-state index is 0.861. The quantitative estimate of drug-likeness (QED) is 0.440. The van der Waals surface area contributed by atoms with Crippen LogP contribution in [0.15, 0.2) is 0 Å². The highest BCUT2D eigenvalue weighted by Gasteiger charge is 2.00. The largest absolute Gasteiger partial charge is 0.317 e. The third kappa shape index (κ3) is 13.9. The van der Waals surface area contributed by atoms with Crippen molar-refractivity contribution in [3.63, 3.8) is 0 Å². The topological polar surface area (TPSA) is 12.0 Å². The van der Waals surface area contributed by atoms with Crippen LogP contribution in [-0.4, -0.2) is 13.1 Å². The van der Waals surface area contributed by atoms with E-state index >= 15 is 0 Å². The van der Waals surface area contributed by atoms with Crippen molar-refractivity contribution in [1.82, 2.24) is 5.32 Å². The summed E-state index contributed by atoms with van der Waals surface area (Å²) in [5, 5.41) is 3.43. The van der Waals surface area contributed by atoms with Crippen LogP contribution in [0.2, 0.25) is 0 Å². The molecular formula is C16H35N. The number of hydrogen-bond acceptors (Lipinski definition) is 1. The van der Waals surface area contributed by atoms with Crippen LogP contribution in [0, 0.1) is 5.92 Å². The van der Waals surface area contributed by atoms with Gasteiger partial charge < -0.3 is 5.32 Å². The van der Waals surface area contributed by atoms with E-state index in [-0.39, 0.29) is 0 Å². The Balaban J connectivity index is 3.02. The van der Waals surface area contributed by atoms with Crippen LogP contribution in [0.25, 0.3) is 0 Å². The molecule has 1 unspecified atom stereocenters. The van der Waals surface area contributed by atoms with Crippen molar-refractivity contribution in [3.8, 4) is 0 Å². The molecule has 0 aromatic carbocycles. The second kappa shape index (κ2) is 14.0. The minimum absolute atomic E-state index is 0.861. The summed E-state index contributed by atoms with van der Waals surface area (Å²) in [4.78, 5) is 0. The maximum atomic E-state index is 3.43. The molecule has 0 amide bonds. The van der Waals surface area contributed by atoms with Gasteiger partial charge >= 0.3 is 0 Å². The number of rotatable bonds is 13. The van der Waals surface area contributed by atoms with Crippen LogP contribution in [0.5, 0.6) is 0 Å². The van der Waals surface area contributed by atoms with Gasteiger partial charge in [-0.1, -0.05) is 78.6 Å². The zero-order valence-corrected chi connectivity index (χ0v) is 12.6. The molecule has 0 aliphatic carbocycles. The summed E-state index contributed by atoms with van der Waals surface area (Å²) < 4.78 is 0. The molecule has 0 bridgehead atoms. The third-order valence-electron chi connectivity index (χ3n) is 3.54. The third-order valence-corrected chi connectivity index (χ3v) is 3.54. The lowest BCUT2D eigenvalue weighted by Gasteiger charge is -2.11. The number of hydrogen-bond donors (Lipinski definition) is 1. The molecule has 1 N–H and O–H groups in total. The Labute approximate surface area is 110 Å². The monoisotopic (exact) mass is 241 g/mol. The van der Waals surface area contributed by atoms with Crippen LogP contribution in [-0.2, 0) is 0 Å². The lowest BCUT2D eigenvalue weighted by molar-refractivity contribution is 0.455. The second-order valence-electron chi connectivity index (χ2n) is 5.53. The summed E-state index contributed by atoms with van der Waals surface area (Å²) in [5.74, 6) is 0.861. The first kappa shape index (κ1) is 17.0. The van der Waals surface area contributed by atoms with Gasteiger partial charge in [0.05, 0.1) is 0 Å². The van der Waals surface area contributed by atoms with E-state index in [0.29, 0.717) is 0 Å². The second-order valence-corrected chi connectivity index (χ2v) is 5.53. The van der Waals surface area contributed by atoms with Crippen molar-refractivity contribution in [1.29, 1.82) is 0 Å². The van der Waals surface area contributed by atoms with Crippen molar-refractivity contribution in [2.75, 3.05) is 13.1 Å². The van der Waals surface area contributed by atoms with Gasteiger partial charge in [0.25, 0.3) is 0 Å². The molecule has 0 saturated heterocycles. The van der Waals surface area contributed by atoms with Crippen molar-refractivity contribution in [2.24, 2.45) is 5.92 Å². The van der Waals surface area contributed by atoms with Gasteiger partial charge in [-0.2, -0.15) is 0 Å². The van der Waals surface area contributed by atoms with Crippen molar-refractivity contribution in [2.45, 2.75) is 85.0 Å². The average Bonchev–Trinajstić information content (AvgIpc) is 2.34. The van der Waals surface area contributed by atoms with E-state index in [1.54, 1.807) is 0 Å². The lowest BCUT2D eigenvalue weighted by atomic mass is 10.0. The highest BCUT2D eigenvalue weighted by molar-refractivity contribution is 4.56. The Morgan fingerprint density at radius 2 is 1.29 bits per heavy atom. The smallest absolute Gasteiger partial charge is 0.00233 e. The number of unbranched alkanes of at least 4 members (excludes halogenated alkanes) is 8. The van der Waals surface area contributed by atoms with Crippen molar-refractivity contribution in [3.05, 3.63) is 0 Å². The first-order chi connectivity index (χ1) is 8.31. The summed E-state index contributed by atoms with van der Waals surface area (Å²) in [6.45, 7) is 9.16. The highest BCUT2D eigenvalue weighted by atomic mass is 14.8. The van der Waals surface area contributed by atoms with E-state index in [1.165, 1.54) is 70.8 Å². The first-order valence-electron chi connectivity index (χ1n) is 8.02. The Hall–Kier alpha value is -0.0400. The molecule has 1 heteroatoms. The first-order valence-corrected chi connectivity index (χ1v) is 8.02. The standard InChI is InChI=1S/C16H35N/c1-4-6-7-8-9-10-11-12-13-14-16(3)15-17-5-2/h16-17H,4-15H2,1-3H3. The summed E-state index contributed by atoms with van der Waals surface area (Å²) in [5.41, 5.74) is 0. The van der Waals surface area contributed by atoms with Gasteiger partial charge in [-0.3, -0.25) is 0 Å². The Bertz CT molecular complexity index is 133. The Morgan fingerprint density at radius 1 is 0.765 bits per heavy atom. The molecule has 0 aromatic heterocycles. The maximum Gasteiger partial charge on any atom is -0.00233 e. The summed E-state index contributed by atoms with van der Waals surface area (Å²) in [6.07, 6.45) is 14.4. The molecule has 0 aliphatic rings. The predicted molar refractivity (Wildman–Crippen MR) is 79.6 cm³/mol. The molecule has 17 heavy (non-hydrogen) atoms. The SMILES string of the molecule is CCCCCCCCCCCC(C)CNCC. The molecule has 0 aliphatic heterocycles. The zero-order chi connectivity index (χ0) is 12.8. The molecule has 0 aromatic rings. The molecule has 0 radical (unpaired) electrons. The van der Waals surface area contributed by atoms with E-state index in [4.69, 9.17) is 0 Å². The van der Waals surface area contributed by atoms with Gasteiger partial charge in [-0.15, -0.1) is 0 Å². The highest BCUT2D eigenvalue weighted by Crippen LogP contribution is 2.13. The van der Waals surface area contributed by atoms with Gasteiger partial charge in [0.2, 0.25) is 0 Å². The van der Waals surface area contributed by atoms with Gasteiger partial charge in [0.15, 0.2) is 0 Å². The minimum Gasteiger partial charge on any atom is -0.317 e. The fourth-order valence-electron chi connectivity index (χ4n) is 2.30. The van der Waals surface area contributed by atoms with Crippen LogP contribution in [0.4, 0.5) is 0 Å². The molecule has 0 saturated carbocycles. The Kier molecular flexibility index (Phi) is 14.0. The van der Waals surface area contributed by atoms with Crippen molar-refractivity contribution >= 4 is 0 Å². The van der Waals surface area contributed by atoms with Gasteiger partial charge in [-0.05, 0) is 25.4 Å². The molecule has 1 nitrogen and oxygen atoms in total. The normalized spacial score (nSPS) is 12.9. The summed E-state index contributed by atoms with van der Waals surface area (Å²) >= 11 is 0. The molecule has 0 fully saturated rings. The van der Waals surface area contributed by atoms with Gasteiger partial charge in [0, 0.05) is 0 Å². The van der Waals surface area contributed by atoms with Crippen molar-refractivity contribution < 1.29 is 0 Å². The Morgan fingerprint density at radius 3 is 1.82 bits per heavy atom. The van der Waals surface area contributed by atoms with Crippen LogP contribution in [0.1, 0.15) is 85.0 Å². The van der Waals surface area contributed by atoms with E-state index in [9.17, 15) is 0 Å². The summed E-state index contributed by atoms with van der Waals surface area (Å²) in [7, 11) is 0. The molecule has 1 atom stereocenters. The van der Waals surface area contributed by atoms with Gasteiger partial charge in [-0.25, -0.2) is 0 Å². The fourth-order valence-corrected chi connectivity index (χ4v) is 2.30. The molecule has 0 spiro atoms. The van der Waals surface area contributed by atoms with Crippen LogP contribution < -0.4 is 5.32 Å². The molecule has 104 valence electrons. The predicted octanol–water partition coefficient (Wildman–Crippen LogP) is 5.15. The maximum absolute atomic E-state index is 3.43. The van der Waals surface area contributed by atoms with E-state index in [1.807, 2.05) is 0 Å². The van der Waals surface area contributed by atoms with E-state index < -0.39 is 0 Å². The van der Waals surface area contributed by atoms with E-state index in [2.05, 4.69) is 26.1 Å². The molecule has 0 heterocycles.